The molecule has 0 fully saturated rings. The number of hydrogen-bond donors (Lipinski definition) is 1. The average molecular weight is 393 g/mol. The minimum Gasteiger partial charge on any atom is -0.416 e. The van der Waals surface area contributed by atoms with Crippen LogP contribution < -0.4 is 5.32 Å². The van der Waals surface area contributed by atoms with Gasteiger partial charge in [0.2, 0.25) is 11.8 Å². The number of para-hydroxylation sites is 1. The smallest absolute Gasteiger partial charge is 0.416 e. The molecule has 2 aromatic carbocycles. The summed E-state index contributed by atoms with van der Waals surface area (Å²) >= 11 is 0.959. The zero-order valence-corrected chi connectivity index (χ0v) is 14.7. The molecule has 1 aromatic heterocycles. The van der Waals surface area contributed by atoms with Gasteiger partial charge in [0, 0.05) is 0 Å². The number of nitrogens with zero attached hydrogens (tertiary/aromatic N) is 2. The van der Waals surface area contributed by atoms with Crippen LogP contribution in [0.15, 0.2) is 64.2 Å². The Morgan fingerprint density at radius 2 is 1.74 bits per heavy atom. The van der Waals surface area contributed by atoms with Crippen LogP contribution in [0.3, 0.4) is 0 Å². The van der Waals surface area contributed by atoms with Crippen molar-refractivity contribution >= 4 is 23.4 Å². The Kier molecular flexibility index (Phi) is 5.80. The van der Waals surface area contributed by atoms with Gasteiger partial charge in [-0.2, -0.15) is 13.2 Å². The molecule has 27 heavy (non-hydrogen) atoms. The number of carbonyl (C=O) groups is 1. The summed E-state index contributed by atoms with van der Waals surface area (Å²) in [6.45, 7) is 0. The van der Waals surface area contributed by atoms with E-state index in [0.29, 0.717) is 12.3 Å². The van der Waals surface area contributed by atoms with Crippen molar-refractivity contribution in [2.75, 3.05) is 11.1 Å². The number of hydrogen-bond acceptors (Lipinski definition) is 5. The topological polar surface area (TPSA) is 68.0 Å². The zero-order valence-electron chi connectivity index (χ0n) is 13.9. The lowest BCUT2D eigenvalue weighted by Crippen LogP contribution is -2.18. The average Bonchev–Trinajstić information content (AvgIpc) is 3.08. The fourth-order valence-corrected chi connectivity index (χ4v) is 2.87. The minimum absolute atomic E-state index is 0.154. The highest BCUT2D eigenvalue weighted by molar-refractivity contribution is 7.99. The molecule has 1 N–H and O–H groups in total. The third-order valence-electron chi connectivity index (χ3n) is 3.48. The van der Waals surface area contributed by atoms with Gasteiger partial charge < -0.3 is 9.73 Å². The summed E-state index contributed by atoms with van der Waals surface area (Å²) in [7, 11) is 0. The maximum atomic E-state index is 12.9. The van der Waals surface area contributed by atoms with Crippen molar-refractivity contribution < 1.29 is 22.4 Å². The van der Waals surface area contributed by atoms with Gasteiger partial charge >= 0.3 is 6.18 Å². The van der Waals surface area contributed by atoms with Crippen LogP contribution in [0.5, 0.6) is 0 Å². The van der Waals surface area contributed by atoms with E-state index in [9.17, 15) is 18.0 Å². The summed E-state index contributed by atoms with van der Waals surface area (Å²) in [5.41, 5.74) is -0.184. The number of thioether (sulfide) groups is 1. The van der Waals surface area contributed by atoms with E-state index >= 15 is 0 Å². The van der Waals surface area contributed by atoms with Crippen LogP contribution in [0.2, 0.25) is 0 Å². The molecule has 9 heteroatoms. The molecule has 0 saturated heterocycles. The van der Waals surface area contributed by atoms with Crippen LogP contribution in [0.4, 0.5) is 18.9 Å². The van der Waals surface area contributed by atoms with E-state index in [0.717, 1.165) is 23.4 Å². The fourth-order valence-electron chi connectivity index (χ4n) is 2.29. The van der Waals surface area contributed by atoms with Gasteiger partial charge in [-0.1, -0.05) is 54.2 Å². The Morgan fingerprint density at radius 3 is 2.48 bits per heavy atom. The molecule has 0 radical (unpaired) electrons. The van der Waals surface area contributed by atoms with Crippen LogP contribution >= 0.6 is 11.8 Å². The number of anilines is 1. The van der Waals surface area contributed by atoms with E-state index in [1.807, 2.05) is 30.3 Å². The second kappa shape index (κ2) is 8.26. The van der Waals surface area contributed by atoms with Crippen LogP contribution in [0.25, 0.3) is 0 Å². The molecule has 0 aliphatic carbocycles. The van der Waals surface area contributed by atoms with Crippen molar-refractivity contribution in [1.82, 2.24) is 10.2 Å². The molecule has 0 bridgehead atoms. The highest BCUT2D eigenvalue weighted by atomic mass is 32.2. The van der Waals surface area contributed by atoms with E-state index in [1.54, 1.807) is 0 Å². The molecule has 140 valence electrons. The van der Waals surface area contributed by atoms with Crippen LogP contribution in [0, 0.1) is 0 Å². The summed E-state index contributed by atoms with van der Waals surface area (Å²) in [6.07, 6.45) is -4.09. The standard InChI is InChI=1S/C18H14F3N3O2S/c19-18(20,21)13-8-4-5-9-14(13)22-15(25)11-27-17-24-23-16(26-17)10-12-6-2-1-3-7-12/h1-9H,10-11H2,(H,22,25). The predicted octanol–water partition coefficient (Wildman–Crippen LogP) is 4.41. The molecule has 3 aromatic rings. The van der Waals surface area contributed by atoms with Crippen molar-refractivity contribution in [1.29, 1.82) is 0 Å². The second-order valence-corrected chi connectivity index (χ2v) is 6.43. The van der Waals surface area contributed by atoms with Crippen LogP contribution in [0.1, 0.15) is 17.0 Å². The molecule has 0 unspecified atom stereocenters. The Morgan fingerprint density at radius 1 is 1.04 bits per heavy atom. The monoisotopic (exact) mass is 393 g/mol. The Labute approximate surface area is 157 Å². The first-order valence-electron chi connectivity index (χ1n) is 7.87. The van der Waals surface area contributed by atoms with E-state index in [-0.39, 0.29) is 16.7 Å². The molecule has 0 aliphatic heterocycles. The summed E-state index contributed by atoms with van der Waals surface area (Å²) in [5, 5.41) is 10.2. The third-order valence-corrected chi connectivity index (χ3v) is 4.30. The van der Waals surface area contributed by atoms with Crippen molar-refractivity contribution in [2.45, 2.75) is 17.8 Å². The van der Waals surface area contributed by atoms with Crippen molar-refractivity contribution in [3.05, 3.63) is 71.6 Å². The number of aromatic nitrogens is 2. The molecule has 1 heterocycles. The van der Waals surface area contributed by atoms with Gasteiger partial charge in [0.25, 0.3) is 5.22 Å². The molecule has 0 spiro atoms. The third kappa shape index (κ3) is 5.33. The lowest BCUT2D eigenvalue weighted by atomic mass is 10.1. The molecule has 0 saturated carbocycles. The molecule has 1 amide bonds. The van der Waals surface area contributed by atoms with Crippen molar-refractivity contribution in [2.24, 2.45) is 0 Å². The number of rotatable bonds is 6. The summed E-state index contributed by atoms with van der Waals surface area (Å²) in [6, 6.07) is 14.3. The van der Waals surface area contributed by atoms with Crippen LogP contribution in [-0.4, -0.2) is 21.9 Å². The summed E-state index contributed by atoms with van der Waals surface area (Å²) in [5.74, 6) is -0.356. The second-order valence-electron chi connectivity index (χ2n) is 5.50. The molecular formula is C18H14F3N3O2S. The number of nitrogens with one attached hydrogen (secondary N) is 1. The van der Waals surface area contributed by atoms with E-state index in [4.69, 9.17) is 4.42 Å². The maximum absolute atomic E-state index is 12.9. The van der Waals surface area contributed by atoms with Gasteiger partial charge in [-0.05, 0) is 17.7 Å². The molecule has 0 atom stereocenters. The molecule has 3 rings (SSSR count). The van der Waals surface area contributed by atoms with Crippen molar-refractivity contribution in [3.8, 4) is 0 Å². The van der Waals surface area contributed by atoms with Gasteiger partial charge in [0.15, 0.2) is 0 Å². The van der Waals surface area contributed by atoms with Crippen LogP contribution in [-0.2, 0) is 17.4 Å². The van der Waals surface area contributed by atoms with Gasteiger partial charge in [-0.25, -0.2) is 0 Å². The van der Waals surface area contributed by atoms with Gasteiger partial charge in [0.05, 0.1) is 23.4 Å². The Bertz CT molecular complexity index is 913. The number of alkyl halides is 3. The highest BCUT2D eigenvalue weighted by Gasteiger charge is 2.33. The van der Waals surface area contributed by atoms with E-state index in [2.05, 4.69) is 15.5 Å². The lowest BCUT2D eigenvalue weighted by Gasteiger charge is -2.13. The molecular weight excluding hydrogens is 379 g/mol. The first-order chi connectivity index (χ1) is 12.9. The normalized spacial score (nSPS) is 11.4. The van der Waals surface area contributed by atoms with Crippen molar-refractivity contribution in [3.63, 3.8) is 0 Å². The lowest BCUT2D eigenvalue weighted by molar-refractivity contribution is -0.137. The maximum Gasteiger partial charge on any atom is 0.418 e. The Balaban J connectivity index is 1.56. The fraction of sp³-hybridized carbons (Fsp3) is 0.167. The number of halogens is 3. The Hall–Kier alpha value is -2.81. The minimum atomic E-state index is -4.55. The van der Waals surface area contributed by atoms with Gasteiger partial charge in [-0.15, -0.1) is 10.2 Å². The SMILES string of the molecule is O=C(CSc1nnc(Cc2ccccc2)o1)Nc1ccccc1C(F)(F)F. The van der Waals surface area contributed by atoms with Gasteiger partial charge in [0.1, 0.15) is 0 Å². The predicted molar refractivity (Wildman–Crippen MR) is 94.3 cm³/mol. The molecule has 0 aliphatic rings. The largest absolute Gasteiger partial charge is 0.418 e. The molecule has 5 nitrogen and oxygen atoms in total. The number of carbonyl (C=O) groups excluding carboxylic acids is 1. The zero-order chi connectivity index (χ0) is 19.3. The first-order valence-corrected chi connectivity index (χ1v) is 8.85. The van der Waals surface area contributed by atoms with Gasteiger partial charge in [-0.3, -0.25) is 4.79 Å². The number of benzene rings is 2. The van der Waals surface area contributed by atoms with E-state index in [1.165, 1.54) is 18.2 Å². The summed E-state index contributed by atoms with van der Waals surface area (Å²) < 4.78 is 44.3. The highest BCUT2D eigenvalue weighted by Crippen LogP contribution is 2.34. The first kappa shape index (κ1) is 19.0. The summed E-state index contributed by atoms with van der Waals surface area (Å²) in [4.78, 5) is 12.0. The quantitative estimate of drug-likeness (QED) is 0.629. The number of amides is 1. The van der Waals surface area contributed by atoms with E-state index < -0.39 is 17.6 Å².